The molecule has 0 aromatic heterocycles. The van der Waals surface area contributed by atoms with E-state index in [2.05, 4.69) is 10.2 Å². The summed E-state index contributed by atoms with van der Waals surface area (Å²) in [5.41, 5.74) is -0.714. The van der Waals surface area contributed by atoms with Crippen LogP contribution in [0.15, 0.2) is 24.3 Å². The lowest BCUT2D eigenvalue weighted by Crippen LogP contribution is -2.48. The highest BCUT2D eigenvalue weighted by Crippen LogP contribution is 2.32. The van der Waals surface area contributed by atoms with Crippen LogP contribution in [0.25, 0.3) is 0 Å². The molecule has 1 atom stereocenters. The Morgan fingerprint density at radius 2 is 1.92 bits per heavy atom. The summed E-state index contributed by atoms with van der Waals surface area (Å²) in [5, 5.41) is 2.89. The van der Waals surface area contributed by atoms with E-state index in [-0.39, 0.29) is 23.9 Å². The van der Waals surface area contributed by atoms with Crippen molar-refractivity contribution >= 4 is 5.91 Å². The molecule has 0 spiro atoms. The summed E-state index contributed by atoms with van der Waals surface area (Å²) in [6, 6.07) is 5.75. The Labute approximate surface area is 145 Å². The van der Waals surface area contributed by atoms with Crippen molar-refractivity contribution in [2.45, 2.75) is 43.9 Å². The van der Waals surface area contributed by atoms with Gasteiger partial charge in [-0.3, -0.25) is 9.69 Å². The zero-order valence-electron chi connectivity index (χ0n) is 14.0. The Morgan fingerprint density at radius 1 is 1.20 bits per heavy atom. The third-order valence-electron chi connectivity index (χ3n) is 4.99. The zero-order valence-corrected chi connectivity index (χ0v) is 14.0. The van der Waals surface area contributed by atoms with Crippen molar-refractivity contribution in [1.29, 1.82) is 0 Å². The van der Waals surface area contributed by atoms with Crippen molar-refractivity contribution in [2.75, 3.05) is 26.3 Å². The summed E-state index contributed by atoms with van der Waals surface area (Å²) in [7, 11) is 0. The number of halogens is 3. The molecule has 25 heavy (non-hydrogen) atoms. The molecule has 138 valence electrons. The molecule has 2 aliphatic rings. The summed E-state index contributed by atoms with van der Waals surface area (Å²) in [6.07, 6.45) is -1.99. The first-order valence-corrected chi connectivity index (χ1v) is 8.70. The van der Waals surface area contributed by atoms with E-state index in [1.54, 1.807) is 0 Å². The van der Waals surface area contributed by atoms with Gasteiger partial charge in [0.15, 0.2) is 0 Å². The Morgan fingerprint density at radius 3 is 2.56 bits per heavy atom. The van der Waals surface area contributed by atoms with E-state index in [4.69, 9.17) is 4.74 Å². The standard InChI is InChI=1S/C18H23F3N2O2/c19-18(20,21)16-4-2-1-3-13(16)11-17(24)22-14-5-8-23(9-6-14)15-7-10-25-12-15/h1-4,14-15H,5-12H2,(H,22,24). The third-order valence-corrected chi connectivity index (χ3v) is 4.99. The van der Waals surface area contributed by atoms with Crippen LogP contribution in [0.5, 0.6) is 0 Å². The highest BCUT2D eigenvalue weighted by atomic mass is 19.4. The molecule has 4 nitrogen and oxygen atoms in total. The van der Waals surface area contributed by atoms with Crippen LogP contribution in [0, 0.1) is 0 Å². The highest BCUT2D eigenvalue weighted by Gasteiger charge is 2.33. The molecular weight excluding hydrogens is 333 g/mol. The van der Waals surface area contributed by atoms with Crippen LogP contribution in [0.3, 0.4) is 0 Å². The number of alkyl halides is 3. The Kier molecular flexibility index (Phi) is 5.64. The van der Waals surface area contributed by atoms with Crippen molar-refractivity contribution in [3.05, 3.63) is 35.4 Å². The first-order valence-electron chi connectivity index (χ1n) is 8.70. The van der Waals surface area contributed by atoms with Crippen LogP contribution in [-0.2, 0) is 22.1 Å². The molecule has 1 aromatic rings. The number of hydrogen-bond acceptors (Lipinski definition) is 3. The average Bonchev–Trinajstić information content (AvgIpc) is 3.09. The van der Waals surface area contributed by atoms with E-state index in [0.29, 0.717) is 6.04 Å². The maximum atomic E-state index is 13.0. The van der Waals surface area contributed by atoms with Gasteiger partial charge in [-0.2, -0.15) is 13.2 Å². The number of nitrogens with one attached hydrogen (secondary N) is 1. The second kappa shape index (κ2) is 7.74. The SMILES string of the molecule is O=C(Cc1ccccc1C(F)(F)F)NC1CCN(C2CCOC2)CC1. The largest absolute Gasteiger partial charge is 0.416 e. The first kappa shape index (κ1) is 18.2. The number of amides is 1. The minimum absolute atomic E-state index is 0.0213. The molecule has 3 rings (SSSR count). The second-order valence-corrected chi connectivity index (χ2v) is 6.73. The number of ether oxygens (including phenoxy) is 1. The van der Waals surface area contributed by atoms with Gasteiger partial charge in [-0.15, -0.1) is 0 Å². The highest BCUT2D eigenvalue weighted by molar-refractivity contribution is 5.79. The van der Waals surface area contributed by atoms with Gasteiger partial charge in [-0.25, -0.2) is 0 Å². The maximum absolute atomic E-state index is 13.0. The molecule has 2 saturated heterocycles. The van der Waals surface area contributed by atoms with Crippen LogP contribution >= 0.6 is 0 Å². The van der Waals surface area contributed by atoms with Gasteiger partial charge in [0.2, 0.25) is 5.91 Å². The van der Waals surface area contributed by atoms with E-state index in [1.165, 1.54) is 18.2 Å². The molecule has 0 saturated carbocycles. The van der Waals surface area contributed by atoms with Crippen LogP contribution in [0.4, 0.5) is 13.2 Å². The summed E-state index contributed by atoms with van der Waals surface area (Å²) in [4.78, 5) is 14.6. The number of hydrogen-bond donors (Lipinski definition) is 1. The fraction of sp³-hybridized carbons (Fsp3) is 0.611. The lowest BCUT2D eigenvalue weighted by Gasteiger charge is -2.35. The minimum atomic E-state index is -4.44. The fourth-order valence-electron chi connectivity index (χ4n) is 3.62. The van der Waals surface area contributed by atoms with Gasteiger partial charge >= 0.3 is 6.18 Å². The molecule has 0 radical (unpaired) electrons. The molecule has 1 unspecified atom stereocenters. The van der Waals surface area contributed by atoms with E-state index in [0.717, 1.165) is 51.6 Å². The van der Waals surface area contributed by atoms with E-state index in [9.17, 15) is 18.0 Å². The molecule has 2 fully saturated rings. The van der Waals surface area contributed by atoms with Crippen LogP contribution in [0.2, 0.25) is 0 Å². The molecule has 0 aliphatic carbocycles. The fourth-order valence-corrected chi connectivity index (χ4v) is 3.62. The quantitative estimate of drug-likeness (QED) is 0.902. The normalized spacial score (nSPS) is 22.9. The van der Waals surface area contributed by atoms with Gasteiger partial charge in [0.25, 0.3) is 0 Å². The molecule has 1 amide bonds. The molecule has 2 aliphatic heterocycles. The predicted octanol–water partition coefficient (Wildman–Crippen LogP) is 2.62. The van der Waals surface area contributed by atoms with E-state index >= 15 is 0 Å². The van der Waals surface area contributed by atoms with Gasteiger partial charge in [0, 0.05) is 31.8 Å². The minimum Gasteiger partial charge on any atom is -0.380 e. The molecular formula is C18H23F3N2O2. The summed E-state index contributed by atoms with van der Waals surface area (Å²) < 4.78 is 44.4. The Bertz CT molecular complexity index is 592. The number of piperidine rings is 1. The summed E-state index contributed by atoms with van der Waals surface area (Å²) in [5.74, 6) is -0.348. The lowest BCUT2D eigenvalue weighted by atomic mass is 10.0. The van der Waals surface area contributed by atoms with E-state index < -0.39 is 11.7 Å². The van der Waals surface area contributed by atoms with Crippen molar-refractivity contribution in [1.82, 2.24) is 10.2 Å². The molecule has 0 bridgehead atoms. The van der Waals surface area contributed by atoms with Gasteiger partial charge < -0.3 is 10.1 Å². The Hall–Kier alpha value is -1.60. The molecule has 1 aromatic carbocycles. The topological polar surface area (TPSA) is 41.6 Å². The summed E-state index contributed by atoms with van der Waals surface area (Å²) in [6.45, 7) is 3.35. The third kappa shape index (κ3) is 4.73. The number of carbonyl (C=O) groups excluding carboxylic acids is 1. The van der Waals surface area contributed by atoms with Crippen LogP contribution in [-0.4, -0.2) is 49.2 Å². The second-order valence-electron chi connectivity index (χ2n) is 6.73. The van der Waals surface area contributed by atoms with Crippen LogP contribution in [0.1, 0.15) is 30.4 Å². The molecule has 7 heteroatoms. The number of carbonyl (C=O) groups is 1. The van der Waals surface area contributed by atoms with Crippen LogP contribution < -0.4 is 5.32 Å². The molecule has 2 heterocycles. The molecule has 1 N–H and O–H groups in total. The van der Waals surface area contributed by atoms with Gasteiger partial charge in [-0.05, 0) is 30.9 Å². The Balaban J connectivity index is 1.51. The first-order chi connectivity index (χ1) is 11.9. The predicted molar refractivity (Wildman–Crippen MR) is 87.1 cm³/mol. The van der Waals surface area contributed by atoms with Crippen molar-refractivity contribution in [3.8, 4) is 0 Å². The van der Waals surface area contributed by atoms with E-state index in [1.807, 2.05) is 0 Å². The number of nitrogens with zero attached hydrogens (tertiary/aromatic N) is 1. The summed E-state index contributed by atoms with van der Waals surface area (Å²) >= 11 is 0. The van der Waals surface area contributed by atoms with Crippen molar-refractivity contribution in [3.63, 3.8) is 0 Å². The smallest absolute Gasteiger partial charge is 0.380 e. The monoisotopic (exact) mass is 356 g/mol. The lowest BCUT2D eigenvalue weighted by molar-refractivity contribution is -0.138. The van der Waals surface area contributed by atoms with Crippen molar-refractivity contribution in [2.24, 2.45) is 0 Å². The van der Waals surface area contributed by atoms with Gasteiger partial charge in [0.05, 0.1) is 18.6 Å². The number of rotatable bonds is 4. The number of likely N-dealkylation sites (tertiary alicyclic amines) is 1. The average molecular weight is 356 g/mol. The van der Waals surface area contributed by atoms with Gasteiger partial charge in [0.1, 0.15) is 0 Å². The maximum Gasteiger partial charge on any atom is 0.416 e. The van der Waals surface area contributed by atoms with Gasteiger partial charge in [-0.1, -0.05) is 18.2 Å². The zero-order chi connectivity index (χ0) is 17.9. The number of benzene rings is 1. The van der Waals surface area contributed by atoms with Crippen molar-refractivity contribution < 1.29 is 22.7 Å².